The zero-order chi connectivity index (χ0) is 19.4. The van der Waals surface area contributed by atoms with E-state index in [9.17, 15) is 27.9 Å². The Balaban J connectivity index is 2.79. The lowest BCUT2D eigenvalue weighted by atomic mass is 10.1. The highest BCUT2D eigenvalue weighted by atomic mass is 19.4. The Morgan fingerprint density at radius 3 is 2.40 bits per heavy atom. The number of alkyl halides is 3. The number of halogens is 3. The van der Waals surface area contributed by atoms with E-state index >= 15 is 0 Å². The molecule has 1 aliphatic heterocycles. The molecule has 1 rings (SSSR count). The molecule has 0 aromatic heterocycles. The van der Waals surface area contributed by atoms with Crippen LogP contribution in [-0.4, -0.2) is 71.4 Å². The summed E-state index contributed by atoms with van der Waals surface area (Å²) in [5.74, 6) is -0.926. The van der Waals surface area contributed by atoms with Crippen molar-refractivity contribution in [1.29, 1.82) is 0 Å². The number of hydrogen-bond donors (Lipinski definition) is 2. The van der Waals surface area contributed by atoms with E-state index in [-0.39, 0.29) is 13.0 Å². The van der Waals surface area contributed by atoms with Crippen molar-refractivity contribution < 1.29 is 32.6 Å². The van der Waals surface area contributed by atoms with Gasteiger partial charge in [0.05, 0.1) is 12.3 Å². The number of carbonyl (C=O) groups is 2. The molecule has 0 spiro atoms. The van der Waals surface area contributed by atoms with Gasteiger partial charge in [-0.15, -0.1) is 0 Å². The van der Waals surface area contributed by atoms with Crippen LogP contribution < -0.4 is 5.43 Å². The van der Waals surface area contributed by atoms with E-state index in [4.69, 9.17) is 4.74 Å². The second kappa shape index (κ2) is 7.81. The van der Waals surface area contributed by atoms with Crippen LogP contribution in [0.25, 0.3) is 0 Å². The molecule has 0 saturated carbocycles. The van der Waals surface area contributed by atoms with Gasteiger partial charge >= 0.3 is 12.3 Å². The molecule has 142 valence electrons. The minimum atomic E-state index is -4.71. The number of hydrazone groups is 1. The summed E-state index contributed by atoms with van der Waals surface area (Å²) in [5, 5.41) is 13.1. The Hall–Kier alpha value is -2.17. The Bertz CT molecular complexity index is 569. The fourth-order valence-corrected chi connectivity index (χ4v) is 2.10. The first kappa shape index (κ1) is 20.9. The lowest BCUT2D eigenvalue weighted by Gasteiger charge is -2.28. The number of aliphatic imine (C=N–C) groups is 1. The number of hydrogen-bond acceptors (Lipinski definition) is 6. The third-order valence-electron chi connectivity index (χ3n) is 3.16. The second-order valence-electron chi connectivity index (χ2n) is 6.32. The summed E-state index contributed by atoms with van der Waals surface area (Å²) in [5.41, 5.74) is -0.211. The van der Waals surface area contributed by atoms with Gasteiger partial charge in [-0.3, -0.25) is 14.7 Å². The van der Waals surface area contributed by atoms with Crippen LogP contribution in [0.5, 0.6) is 0 Å². The van der Waals surface area contributed by atoms with Gasteiger partial charge in [-0.2, -0.15) is 18.3 Å². The molecule has 0 aliphatic carbocycles. The zero-order valence-corrected chi connectivity index (χ0v) is 14.3. The molecule has 2 amide bonds. The molecule has 1 fully saturated rings. The molecule has 8 nitrogen and oxygen atoms in total. The first-order valence-electron chi connectivity index (χ1n) is 7.41. The van der Waals surface area contributed by atoms with Crippen molar-refractivity contribution in [3.05, 3.63) is 0 Å². The minimum Gasteiger partial charge on any atom is -0.444 e. The normalized spacial score (nSPS) is 22.4. The SMILES string of the molecule is CN=C(/C=N\NC(=O)[C@@H]1[C@H](O)CCN1C(=O)OC(C)(C)C)C(F)(F)F. The molecule has 25 heavy (non-hydrogen) atoms. The topological polar surface area (TPSA) is 104 Å². The first-order valence-corrected chi connectivity index (χ1v) is 7.41. The second-order valence-corrected chi connectivity index (χ2v) is 6.32. The van der Waals surface area contributed by atoms with E-state index in [0.717, 1.165) is 11.9 Å². The molecular formula is C14H21F3N4O4. The number of rotatable bonds is 3. The van der Waals surface area contributed by atoms with Gasteiger partial charge in [0.15, 0.2) is 5.71 Å². The van der Waals surface area contributed by atoms with Crippen LogP contribution in [0.1, 0.15) is 27.2 Å². The van der Waals surface area contributed by atoms with Gasteiger partial charge in [0.1, 0.15) is 11.6 Å². The predicted octanol–water partition coefficient (Wildman–Crippen LogP) is 1.09. The van der Waals surface area contributed by atoms with Crippen LogP contribution in [-0.2, 0) is 9.53 Å². The number of nitrogens with zero attached hydrogens (tertiary/aromatic N) is 3. The number of ether oxygens (including phenoxy) is 1. The summed E-state index contributed by atoms with van der Waals surface area (Å²) >= 11 is 0. The average Bonchev–Trinajstić information content (AvgIpc) is 2.82. The monoisotopic (exact) mass is 366 g/mol. The van der Waals surface area contributed by atoms with Crippen LogP contribution in [0.4, 0.5) is 18.0 Å². The molecule has 1 saturated heterocycles. The van der Waals surface area contributed by atoms with Crippen LogP contribution in [0, 0.1) is 0 Å². The van der Waals surface area contributed by atoms with Crippen LogP contribution in [0.2, 0.25) is 0 Å². The Labute approximate surface area is 142 Å². The highest BCUT2D eigenvalue weighted by Gasteiger charge is 2.43. The van der Waals surface area contributed by atoms with Gasteiger partial charge in [0, 0.05) is 13.6 Å². The number of amides is 2. The maximum atomic E-state index is 12.5. The van der Waals surface area contributed by atoms with Gasteiger partial charge < -0.3 is 9.84 Å². The maximum Gasteiger partial charge on any atom is 0.434 e. The van der Waals surface area contributed by atoms with E-state index in [1.807, 2.05) is 5.43 Å². The summed E-state index contributed by atoms with van der Waals surface area (Å²) in [6.45, 7) is 4.99. The van der Waals surface area contributed by atoms with E-state index < -0.39 is 41.6 Å². The number of likely N-dealkylation sites (tertiary alicyclic amines) is 1. The average molecular weight is 366 g/mol. The zero-order valence-electron chi connectivity index (χ0n) is 14.3. The highest BCUT2D eigenvalue weighted by Crippen LogP contribution is 2.21. The van der Waals surface area contributed by atoms with Crippen molar-refractivity contribution in [2.75, 3.05) is 13.6 Å². The number of aliphatic hydroxyl groups is 1. The molecule has 0 aromatic rings. The van der Waals surface area contributed by atoms with Crippen molar-refractivity contribution in [3.8, 4) is 0 Å². The molecule has 0 aromatic carbocycles. The van der Waals surface area contributed by atoms with Crippen molar-refractivity contribution in [1.82, 2.24) is 10.3 Å². The quantitative estimate of drug-likeness (QED) is 0.576. The van der Waals surface area contributed by atoms with E-state index in [1.165, 1.54) is 0 Å². The highest BCUT2D eigenvalue weighted by molar-refractivity contribution is 6.33. The molecule has 0 radical (unpaired) electrons. The number of aliphatic hydroxyl groups excluding tert-OH is 1. The smallest absolute Gasteiger partial charge is 0.434 e. The summed E-state index contributed by atoms with van der Waals surface area (Å²) in [6, 6.07) is -1.31. The van der Waals surface area contributed by atoms with Gasteiger partial charge in [0.2, 0.25) is 0 Å². The molecule has 1 aliphatic rings. The first-order chi connectivity index (χ1) is 11.4. The fraction of sp³-hybridized carbons (Fsp3) is 0.714. The van der Waals surface area contributed by atoms with Crippen LogP contribution >= 0.6 is 0 Å². The van der Waals surface area contributed by atoms with Crippen molar-refractivity contribution in [2.45, 2.75) is 51.1 Å². The lowest BCUT2D eigenvalue weighted by molar-refractivity contribution is -0.128. The van der Waals surface area contributed by atoms with E-state index in [2.05, 4.69) is 10.1 Å². The maximum absolute atomic E-state index is 12.5. The Morgan fingerprint density at radius 2 is 1.92 bits per heavy atom. The minimum absolute atomic E-state index is 0.0715. The molecule has 0 unspecified atom stereocenters. The summed E-state index contributed by atoms with van der Waals surface area (Å²) < 4.78 is 42.6. The summed E-state index contributed by atoms with van der Waals surface area (Å²) in [4.78, 5) is 28.2. The Kier molecular flexibility index (Phi) is 6.52. The third-order valence-corrected chi connectivity index (χ3v) is 3.16. The van der Waals surface area contributed by atoms with E-state index in [0.29, 0.717) is 6.21 Å². The van der Waals surface area contributed by atoms with Gasteiger partial charge in [-0.1, -0.05) is 0 Å². The van der Waals surface area contributed by atoms with Crippen molar-refractivity contribution in [2.24, 2.45) is 10.1 Å². The van der Waals surface area contributed by atoms with Crippen LogP contribution in [0.15, 0.2) is 10.1 Å². The molecule has 11 heteroatoms. The predicted molar refractivity (Wildman–Crippen MR) is 83.4 cm³/mol. The number of carbonyl (C=O) groups excluding carboxylic acids is 2. The van der Waals surface area contributed by atoms with Gasteiger partial charge in [0.25, 0.3) is 5.91 Å². The van der Waals surface area contributed by atoms with Crippen molar-refractivity contribution >= 4 is 23.9 Å². The van der Waals surface area contributed by atoms with E-state index in [1.54, 1.807) is 20.8 Å². The summed E-state index contributed by atoms with van der Waals surface area (Å²) in [7, 11) is 0.932. The molecule has 1 heterocycles. The lowest BCUT2D eigenvalue weighted by Crippen LogP contribution is -2.50. The molecular weight excluding hydrogens is 345 g/mol. The standard InChI is InChI=1S/C14H21F3N4O4/c1-13(2,3)25-12(24)21-6-5-8(22)10(21)11(23)20-19-7-9(18-4)14(15,16)17/h7-8,10,22H,5-6H2,1-4H3,(H,20,23)/b18-9?,19-7-/t8-,10+/m1/s1. The molecule has 0 bridgehead atoms. The molecule has 2 N–H and O–H groups in total. The molecule has 2 atom stereocenters. The fourth-order valence-electron chi connectivity index (χ4n) is 2.10. The van der Waals surface area contributed by atoms with Crippen LogP contribution in [0.3, 0.4) is 0 Å². The Morgan fingerprint density at radius 1 is 1.32 bits per heavy atom. The van der Waals surface area contributed by atoms with Gasteiger partial charge in [-0.05, 0) is 27.2 Å². The summed E-state index contributed by atoms with van der Waals surface area (Å²) in [6.07, 6.45) is -6.22. The van der Waals surface area contributed by atoms with Crippen molar-refractivity contribution in [3.63, 3.8) is 0 Å². The number of nitrogens with one attached hydrogen (secondary N) is 1. The largest absolute Gasteiger partial charge is 0.444 e. The van der Waals surface area contributed by atoms with Gasteiger partial charge in [-0.25, -0.2) is 10.2 Å². The third kappa shape index (κ3) is 6.00.